The fourth-order valence-corrected chi connectivity index (χ4v) is 5.12. The average Bonchev–Trinajstić information content (AvgIpc) is 3.24. The molecule has 1 heterocycles. The number of aryl methyl sites for hydroxylation is 3. The van der Waals surface area contributed by atoms with Crippen LogP contribution in [0, 0.1) is 19.7 Å². The Morgan fingerprint density at radius 3 is 2.46 bits per heavy atom. The van der Waals surface area contributed by atoms with E-state index >= 15 is 0 Å². The molecule has 0 spiro atoms. The first kappa shape index (κ1) is 26.3. The molecule has 1 N–H and O–H groups in total. The summed E-state index contributed by atoms with van der Waals surface area (Å²) in [5.74, 6) is 0.399. The molecule has 194 valence electrons. The Labute approximate surface area is 216 Å². The third-order valence-corrected chi connectivity index (χ3v) is 6.70. The van der Waals surface area contributed by atoms with Crippen LogP contribution in [0.15, 0.2) is 51.3 Å². The fraction of sp³-hybridized carbons (Fsp3) is 0.286. The molecule has 1 aromatic heterocycles. The lowest BCUT2D eigenvalue weighted by Crippen LogP contribution is -2.26. The first-order valence-corrected chi connectivity index (χ1v) is 14.2. The molecule has 0 saturated carbocycles. The van der Waals surface area contributed by atoms with Gasteiger partial charge in [0.05, 0.1) is 5.69 Å². The van der Waals surface area contributed by atoms with Crippen molar-refractivity contribution in [2.45, 2.75) is 27.2 Å². The number of nitrogens with zero attached hydrogens (tertiary/aromatic N) is 2. The number of carbonyl (C=O) groups excluding carboxylic acids is 1. The minimum absolute atomic E-state index is 0.187. The van der Waals surface area contributed by atoms with Gasteiger partial charge in [-0.2, -0.15) is 4.36 Å². The Balaban J connectivity index is 1.97. The molecular formula is C28H30FN3O4S. The molecule has 1 aliphatic rings. The number of fused-ring (bicyclic) bond motifs is 1. The summed E-state index contributed by atoms with van der Waals surface area (Å²) in [6.07, 6.45) is 6.75. The van der Waals surface area contributed by atoms with Crippen molar-refractivity contribution >= 4 is 27.4 Å². The second-order valence-electron chi connectivity index (χ2n) is 9.48. The van der Waals surface area contributed by atoms with Crippen LogP contribution in [0.3, 0.4) is 0 Å². The number of ether oxygens (including phenoxy) is 1. The van der Waals surface area contributed by atoms with Crippen LogP contribution < -0.4 is 15.6 Å². The number of amides is 1. The maximum absolute atomic E-state index is 13.9. The SMILES string of the molecule is CCNC(=O)C1=Cc2c(-c3cc(N=S(C)(C)=O)ccc3Oc3c(C)cc(F)cc3C)cn(C)c(=O)c2C1. The number of nitrogens with one attached hydrogen (secondary N) is 1. The van der Waals surface area contributed by atoms with Gasteiger partial charge in [-0.25, -0.2) is 8.60 Å². The van der Waals surface area contributed by atoms with Gasteiger partial charge < -0.3 is 14.6 Å². The van der Waals surface area contributed by atoms with Gasteiger partial charge in [-0.3, -0.25) is 9.59 Å². The van der Waals surface area contributed by atoms with Gasteiger partial charge in [0.2, 0.25) is 5.91 Å². The van der Waals surface area contributed by atoms with E-state index in [-0.39, 0.29) is 23.7 Å². The topological polar surface area (TPSA) is 89.8 Å². The number of carbonyl (C=O) groups is 1. The van der Waals surface area contributed by atoms with Crippen molar-refractivity contribution in [2.75, 3.05) is 19.1 Å². The van der Waals surface area contributed by atoms with E-state index in [0.717, 1.165) is 0 Å². The predicted octanol–water partition coefficient (Wildman–Crippen LogP) is 5.04. The highest BCUT2D eigenvalue weighted by Crippen LogP contribution is 2.42. The van der Waals surface area contributed by atoms with Crippen molar-refractivity contribution < 1.29 is 18.1 Å². The number of pyridine rings is 1. The van der Waals surface area contributed by atoms with Crippen LogP contribution in [0.5, 0.6) is 11.5 Å². The van der Waals surface area contributed by atoms with E-state index < -0.39 is 9.73 Å². The summed E-state index contributed by atoms with van der Waals surface area (Å²) in [7, 11) is -0.789. The lowest BCUT2D eigenvalue weighted by molar-refractivity contribution is -0.117. The molecular weight excluding hydrogens is 493 g/mol. The molecule has 0 radical (unpaired) electrons. The smallest absolute Gasteiger partial charge is 0.254 e. The van der Waals surface area contributed by atoms with Crippen molar-refractivity contribution in [1.82, 2.24) is 9.88 Å². The van der Waals surface area contributed by atoms with E-state index in [9.17, 15) is 18.2 Å². The van der Waals surface area contributed by atoms with Gasteiger partial charge in [-0.05, 0) is 73.9 Å². The Hall–Kier alpha value is -3.72. The number of benzene rings is 2. The van der Waals surface area contributed by atoms with Gasteiger partial charge in [0.25, 0.3) is 5.56 Å². The first-order chi connectivity index (χ1) is 17.4. The van der Waals surface area contributed by atoms with Crippen molar-refractivity contribution in [1.29, 1.82) is 0 Å². The second kappa shape index (κ2) is 9.97. The zero-order valence-corrected chi connectivity index (χ0v) is 22.6. The summed E-state index contributed by atoms with van der Waals surface area (Å²) in [6.45, 7) is 5.85. The maximum atomic E-state index is 13.9. The molecule has 0 unspecified atom stereocenters. The molecule has 0 saturated heterocycles. The van der Waals surface area contributed by atoms with E-state index in [1.807, 2.05) is 6.92 Å². The third kappa shape index (κ3) is 5.51. The summed E-state index contributed by atoms with van der Waals surface area (Å²) in [5, 5.41) is 2.79. The van der Waals surface area contributed by atoms with E-state index in [2.05, 4.69) is 9.68 Å². The number of halogens is 1. The number of hydrogen-bond donors (Lipinski definition) is 1. The second-order valence-corrected chi connectivity index (χ2v) is 12.0. The number of rotatable bonds is 6. The molecule has 0 fully saturated rings. The summed E-state index contributed by atoms with van der Waals surface area (Å²) in [5.41, 5.74) is 4.48. The van der Waals surface area contributed by atoms with Crippen molar-refractivity contribution in [3.63, 3.8) is 0 Å². The Morgan fingerprint density at radius 2 is 1.84 bits per heavy atom. The van der Waals surface area contributed by atoms with Crippen LogP contribution in [0.25, 0.3) is 17.2 Å². The molecule has 9 heteroatoms. The number of likely N-dealkylation sites (N-methyl/N-ethyl adjacent to an activating group) is 1. The van der Waals surface area contributed by atoms with Gasteiger partial charge >= 0.3 is 0 Å². The maximum Gasteiger partial charge on any atom is 0.254 e. The normalized spacial score (nSPS) is 12.7. The molecule has 1 aliphatic carbocycles. The lowest BCUT2D eigenvalue weighted by Gasteiger charge is -2.18. The molecule has 0 aliphatic heterocycles. The predicted molar refractivity (Wildman–Crippen MR) is 146 cm³/mol. The molecule has 0 atom stereocenters. The van der Waals surface area contributed by atoms with Gasteiger partial charge in [-0.15, -0.1) is 0 Å². The van der Waals surface area contributed by atoms with Gasteiger partial charge in [0, 0.05) is 70.7 Å². The van der Waals surface area contributed by atoms with Crippen LogP contribution in [-0.4, -0.2) is 33.7 Å². The first-order valence-electron chi connectivity index (χ1n) is 11.9. The highest BCUT2D eigenvalue weighted by molar-refractivity contribution is 7.92. The number of aromatic nitrogens is 1. The zero-order chi connectivity index (χ0) is 27.1. The molecule has 0 bridgehead atoms. The van der Waals surface area contributed by atoms with Crippen LogP contribution in [0.2, 0.25) is 0 Å². The zero-order valence-electron chi connectivity index (χ0n) is 21.8. The Kier molecular flexibility index (Phi) is 7.10. The van der Waals surface area contributed by atoms with Crippen molar-refractivity contribution in [3.05, 3.63) is 80.5 Å². The third-order valence-electron chi connectivity index (χ3n) is 6.05. The fourth-order valence-electron chi connectivity index (χ4n) is 4.49. The Bertz CT molecular complexity index is 1610. The summed E-state index contributed by atoms with van der Waals surface area (Å²) < 4.78 is 38.5. The summed E-state index contributed by atoms with van der Waals surface area (Å²) in [6, 6.07) is 8.00. The van der Waals surface area contributed by atoms with Crippen molar-refractivity contribution in [2.24, 2.45) is 11.4 Å². The quantitative estimate of drug-likeness (QED) is 0.491. The lowest BCUT2D eigenvalue weighted by atomic mass is 9.98. The van der Waals surface area contributed by atoms with E-state index in [1.54, 1.807) is 63.9 Å². The van der Waals surface area contributed by atoms with Crippen LogP contribution in [0.4, 0.5) is 10.1 Å². The molecule has 7 nitrogen and oxygen atoms in total. The standard InChI is InChI=1S/C28H30FN3O4S/c1-7-30-27(33)18-12-21-23(13-18)28(34)32(4)15-24(21)22-14-20(31-37(5,6)35)8-9-25(22)36-26-16(2)10-19(29)11-17(26)3/h8-12,14-15H,7,13H2,1-6H3,(H,30,33). The summed E-state index contributed by atoms with van der Waals surface area (Å²) in [4.78, 5) is 25.6. The molecule has 3 aromatic rings. The monoisotopic (exact) mass is 523 g/mol. The van der Waals surface area contributed by atoms with Crippen LogP contribution >= 0.6 is 0 Å². The average molecular weight is 524 g/mol. The van der Waals surface area contributed by atoms with Crippen molar-refractivity contribution in [3.8, 4) is 22.6 Å². The van der Waals surface area contributed by atoms with E-state index in [4.69, 9.17) is 4.74 Å². The Morgan fingerprint density at radius 1 is 1.16 bits per heavy atom. The van der Waals surface area contributed by atoms with Crippen LogP contribution in [-0.2, 0) is 28.0 Å². The molecule has 1 amide bonds. The van der Waals surface area contributed by atoms with Crippen LogP contribution in [0.1, 0.15) is 29.2 Å². The minimum atomic E-state index is -2.45. The largest absolute Gasteiger partial charge is 0.456 e. The van der Waals surface area contributed by atoms with E-state index in [0.29, 0.717) is 62.7 Å². The van der Waals surface area contributed by atoms with E-state index in [1.165, 1.54) is 16.7 Å². The highest BCUT2D eigenvalue weighted by Gasteiger charge is 2.26. The molecule has 37 heavy (non-hydrogen) atoms. The van der Waals surface area contributed by atoms with Gasteiger partial charge in [0.15, 0.2) is 0 Å². The minimum Gasteiger partial charge on any atom is -0.456 e. The summed E-state index contributed by atoms with van der Waals surface area (Å²) >= 11 is 0. The van der Waals surface area contributed by atoms with Gasteiger partial charge in [0.1, 0.15) is 17.3 Å². The highest BCUT2D eigenvalue weighted by atomic mass is 32.2. The van der Waals surface area contributed by atoms with Gasteiger partial charge in [-0.1, -0.05) is 0 Å². The number of hydrogen-bond acceptors (Lipinski definition) is 5. The molecule has 4 rings (SSSR count). The molecule has 2 aromatic carbocycles.